The highest BCUT2D eigenvalue weighted by Crippen LogP contribution is 2.40. The van der Waals surface area contributed by atoms with Gasteiger partial charge in [0.2, 0.25) is 5.82 Å². The minimum Gasteiger partial charge on any atom is -0.406 e. The number of H-pyrrole nitrogens is 1. The van der Waals surface area contributed by atoms with Crippen molar-refractivity contribution in [3.8, 4) is 11.5 Å². The van der Waals surface area contributed by atoms with Gasteiger partial charge in [-0.3, -0.25) is 14.3 Å². The third-order valence-corrected chi connectivity index (χ3v) is 5.83. The molecule has 2 aromatic carbocycles. The summed E-state index contributed by atoms with van der Waals surface area (Å²) in [7, 11) is 1.42. The summed E-state index contributed by atoms with van der Waals surface area (Å²) >= 11 is 6.02. The molecule has 0 saturated carbocycles. The number of halogens is 4. The van der Waals surface area contributed by atoms with Gasteiger partial charge in [-0.2, -0.15) is 4.48 Å². The van der Waals surface area contributed by atoms with Gasteiger partial charge in [0, 0.05) is 36.7 Å². The third-order valence-electron chi connectivity index (χ3n) is 5.58. The molecular formula is C23H21ClF3N4O5+. The van der Waals surface area contributed by atoms with Gasteiger partial charge in [0.05, 0.1) is 6.54 Å². The molecule has 9 nitrogen and oxygen atoms in total. The van der Waals surface area contributed by atoms with Crippen LogP contribution < -0.4 is 25.2 Å². The van der Waals surface area contributed by atoms with E-state index in [1.165, 1.54) is 19.2 Å². The van der Waals surface area contributed by atoms with Gasteiger partial charge < -0.3 is 14.6 Å². The van der Waals surface area contributed by atoms with Crippen LogP contribution in [0.2, 0.25) is 5.02 Å². The Morgan fingerprint density at radius 1 is 1.14 bits per heavy atom. The molecule has 2 heterocycles. The Morgan fingerprint density at radius 2 is 1.83 bits per heavy atom. The summed E-state index contributed by atoms with van der Waals surface area (Å²) in [5.41, 5.74) is -0.574. The van der Waals surface area contributed by atoms with E-state index in [4.69, 9.17) is 16.3 Å². The summed E-state index contributed by atoms with van der Waals surface area (Å²) in [4.78, 5) is 32.0. The van der Waals surface area contributed by atoms with E-state index in [9.17, 15) is 27.9 Å². The second kappa shape index (κ2) is 9.80. The maximum atomic E-state index is 13.1. The highest BCUT2D eigenvalue weighted by Gasteiger charge is 2.50. The first kappa shape index (κ1) is 25.5. The molecule has 0 bridgehead atoms. The van der Waals surface area contributed by atoms with Crippen LogP contribution in [0, 0.1) is 0 Å². The van der Waals surface area contributed by atoms with Crippen molar-refractivity contribution in [3.05, 3.63) is 80.0 Å². The highest BCUT2D eigenvalue weighted by molar-refractivity contribution is 6.30. The molecule has 13 heteroatoms. The fraction of sp³-hybridized carbons (Fsp3) is 0.261. The first-order valence-corrected chi connectivity index (χ1v) is 11.1. The van der Waals surface area contributed by atoms with Crippen molar-refractivity contribution in [2.24, 2.45) is 12.0 Å². The number of aliphatic imine (C=N–C) groups is 1. The number of nitrogens with zero attached hydrogens (tertiary/aromatic N) is 3. The van der Waals surface area contributed by atoms with E-state index >= 15 is 0 Å². The topological polar surface area (TPSA) is 106 Å². The summed E-state index contributed by atoms with van der Waals surface area (Å²) in [6, 6.07) is 11.6. The lowest BCUT2D eigenvalue weighted by molar-refractivity contribution is -0.274. The lowest BCUT2D eigenvalue weighted by Crippen LogP contribution is -2.57. The fourth-order valence-corrected chi connectivity index (χ4v) is 4.14. The van der Waals surface area contributed by atoms with Crippen LogP contribution in [0.15, 0.2) is 63.1 Å². The van der Waals surface area contributed by atoms with E-state index in [2.05, 4.69) is 14.7 Å². The van der Waals surface area contributed by atoms with Gasteiger partial charge in [0.1, 0.15) is 18.0 Å². The molecule has 0 fully saturated rings. The Labute approximate surface area is 207 Å². The van der Waals surface area contributed by atoms with Gasteiger partial charge in [-0.1, -0.05) is 29.8 Å². The van der Waals surface area contributed by atoms with Crippen molar-refractivity contribution in [2.45, 2.75) is 19.3 Å². The Morgan fingerprint density at radius 3 is 2.50 bits per heavy atom. The van der Waals surface area contributed by atoms with E-state index in [0.29, 0.717) is 5.02 Å². The number of amidine groups is 1. The van der Waals surface area contributed by atoms with Crippen molar-refractivity contribution in [1.29, 1.82) is 0 Å². The molecular weight excluding hydrogens is 505 g/mol. The standard InChI is InChI=1S/C23H20ClF3N4O5/c1-30-19-18(20(33)29-21(30)34)31(10-3-11-32,13-14-6-8-15(24)9-7-14)22(28-19)35-16-4-2-5-17(12-16)36-23(25,26)27/h2,4-9,12,32H,3,10-11,13H2,1H3/p+1. The zero-order valence-corrected chi connectivity index (χ0v) is 19.6. The maximum Gasteiger partial charge on any atom is 0.573 e. The Balaban J connectivity index is 1.86. The number of quaternary nitrogens is 1. The molecule has 1 aromatic heterocycles. The number of aromatic nitrogens is 2. The highest BCUT2D eigenvalue weighted by atomic mass is 35.5. The van der Waals surface area contributed by atoms with Gasteiger partial charge in [-0.15, -0.1) is 18.2 Å². The van der Waals surface area contributed by atoms with Gasteiger partial charge in [-0.05, 0) is 24.3 Å². The van der Waals surface area contributed by atoms with Crippen LogP contribution in [0.5, 0.6) is 11.5 Å². The lowest BCUT2D eigenvalue weighted by Gasteiger charge is -2.32. The van der Waals surface area contributed by atoms with Gasteiger partial charge >= 0.3 is 23.6 Å². The van der Waals surface area contributed by atoms with E-state index in [0.717, 1.165) is 22.3 Å². The maximum absolute atomic E-state index is 13.1. The first-order chi connectivity index (χ1) is 17.0. The molecule has 3 aromatic rings. The molecule has 0 amide bonds. The first-order valence-electron chi connectivity index (χ1n) is 10.7. The van der Waals surface area contributed by atoms with E-state index < -0.39 is 23.4 Å². The Bertz CT molecular complexity index is 1420. The van der Waals surface area contributed by atoms with Crippen molar-refractivity contribution in [1.82, 2.24) is 14.0 Å². The molecule has 4 rings (SSSR count). The average molecular weight is 526 g/mol. The molecule has 36 heavy (non-hydrogen) atoms. The molecule has 0 spiro atoms. The molecule has 1 unspecified atom stereocenters. The van der Waals surface area contributed by atoms with Crippen molar-refractivity contribution in [2.75, 3.05) is 13.2 Å². The monoisotopic (exact) mass is 525 g/mol. The number of fused-ring (bicyclic) bond motifs is 1. The van der Waals surface area contributed by atoms with Crippen molar-refractivity contribution < 1.29 is 27.8 Å². The number of ether oxygens (including phenoxy) is 2. The van der Waals surface area contributed by atoms with E-state index in [1.807, 2.05) is 0 Å². The number of aliphatic hydroxyl groups excluding tert-OH is 1. The lowest BCUT2D eigenvalue weighted by atomic mass is 10.1. The SMILES string of the molecule is Cn1c2c(c(=O)[nH]c1=O)[N+](CCCO)(Cc1ccc(Cl)cc1)C(Oc1cccc(OC(F)(F)F)c1)=N2. The number of hydrogen-bond donors (Lipinski definition) is 2. The number of nitrogens with one attached hydrogen (secondary N) is 1. The average Bonchev–Trinajstić information content (AvgIpc) is 3.11. The predicted octanol–water partition coefficient (Wildman–Crippen LogP) is 3.60. The molecule has 1 atom stereocenters. The number of hydrogen-bond acceptors (Lipinski definition) is 6. The number of alkyl halides is 3. The third kappa shape index (κ3) is 5.15. The Kier molecular flexibility index (Phi) is 6.94. The van der Waals surface area contributed by atoms with Crippen LogP contribution in [-0.4, -0.2) is 40.2 Å². The van der Waals surface area contributed by atoms with Crippen LogP contribution in [0.1, 0.15) is 12.0 Å². The Hall–Kier alpha value is -3.61. The number of aliphatic hydroxyl groups is 1. The smallest absolute Gasteiger partial charge is 0.406 e. The van der Waals surface area contributed by atoms with Gasteiger partial charge in [0.15, 0.2) is 0 Å². The van der Waals surface area contributed by atoms with E-state index in [-0.39, 0.29) is 53.9 Å². The summed E-state index contributed by atoms with van der Waals surface area (Å²) in [6.45, 7) is 0.0236. The summed E-state index contributed by atoms with van der Waals surface area (Å²) in [5, 5.41) is 10.1. The molecule has 0 radical (unpaired) electrons. The minimum absolute atomic E-state index is 0.0349. The van der Waals surface area contributed by atoms with Crippen LogP contribution in [-0.2, 0) is 13.6 Å². The van der Waals surface area contributed by atoms with Gasteiger partial charge in [0.25, 0.3) is 5.69 Å². The normalized spacial score (nSPS) is 17.0. The van der Waals surface area contributed by atoms with Crippen molar-refractivity contribution >= 4 is 29.1 Å². The molecule has 0 saturated heterocycles. The minimum atomic E-state index is -4.90. The van der Waals surface area contributed by atoms with Gasteiger partial charge in [-0.25, -0.2) is 4.79 Å². The number of aromatic amines is 1. The zero-order valence-electron chi connectivity index (χ0n) is 18.9. The molecule has 1 aliphatic heterocycles. The summed E-state index contributed by atoms with van der Waals surface area (Å²) in [6.07, 6.45) is -4.68. The number of rotatable bonds is 7. The summed E-state index contributed by atoms with van der Waals surface area (Å²) in [5.74, 6) is -0.506. The number of benzene rings is 2. The van der Waals surface area contributed by atoms with Crippen LogP contribution in [0.25, 0.3) is 0 Å². The second-order valence-corrected chi connectivity index (χ2v) is 8.50. The molecule has 1 aliphatic rings. The van der Waals surface area contributed by atoms with E-state index in [1.54, 1.807) is 24.3 Å². The van der Waals surface area contributed by atoms with Crippen molar-refractivity contribution in [3.63, 3.8) is 0 Å². The largest absolute Gasteiger partial charge is 0.573 e. The summed E-state index contributed by atoms with van der Waals surface area (Å²) < 4.78 is 48.9. The predicted molar refractivity (Wildman–Crippen MR) is 127 cm³/mol. The van der Waals surface area contributed by atoms with Crippen LogP contribution >= 0.6 is 11.6 Å². The van der Waals surface area contributed by atoms with Crippen LogP contribution in [0.3, 0.4) is 0 Å². The second-order valence-electron chi connectivity index (χ2n) is 8.06. The molecule has 0 aliphatic carbocycles. The molecule has 190 valence electrons. The fourth-order valence-electron chi connectivity index (χ4n) is 4.02. The molecule has 2 N–H and O–H groups in total. The quantitative estimate of drug-likeness (QED) is 0.459. The van der Waals surface area contributed by atoms with Crippen LogP contribution in [0.4, 0.5) is 24.7 Å². The zero-order chi connectivity index (χ0) is 26.1.